The van der Waals surface area contributed by atoms with Gasteiger partial charge in [-0.3, -0.25) is 14.5 Å². The second-order valence-electron chi connectivity index (χ2n) is 5.23. The molecular weight excluding hydrogens is 280 g/mol. The van der Waals surface area contributed by atoms with Crippen LogP contribution in [-0.2, 0) is 9.59 Å². The van der Waals surface area contributed by atoms with Crippen LogP contribution in [0.5, 0.6) is 0 Å². The van der Waals surface area contributed by atoms with Crippen molar-refractivity contribution in [3.05, 3.63) is 30.3 Å². The number of para-hydroxylation sites is 1. The van der Waals surface area contributed by atoms with Gasteiger partial charge in [-0.25, -0.2) is 0 Å². The summed E-state index contributed by atoms with van der Waals surface area (Å²) < 4.78 is 0. The lowest BCUT2D eigenvalue weighted by Gasteiger charge is -2.27. The number of nitrogens with one attached hydrogen (secondary N) is 2. The molecule has 2 N–H and O–H groups in total. The van der Waals surface area contributed by atoms with Gasteiger partial charge in [0.05, 0.1) is 0 Å². The number of hydrogen-bond donors (Lipinski definition) is 2. The van der Waals surface area contributed by atoms with Crippen LogP contribution in [0.3, 0.4) is 0 Å². The molecule has 6 nitrogen and oxygen atoms in total. The Labute approximate surface area is 131 Å². The Morgan fingerprint density at radius 3 is 2.55 bits per heavy atom. The monoisotopic (exact) mass is 304 g/mol. The molecule has 0 saturated carbocycles. The summed E-state index contributed by atoms with van der Waals surface area (Å²) in [6.45, 7) is 7.51. The van der Waals surface area contributed by atoms with Gasteiger partial charge in [-0.15, -0.1) is 0 Å². The maximum atomic E-state index is 12.2. The Morgan fingerprint density at radius 2 is 1.91 bits per heavy atom. The van der Waals surface area contributed by atoms with Crippen LogP contribution < -0.4 is 15.5 Å². The Morgan fingerprint density at radius 1 is 1.23 bits per heavy atom. The summed E-state index contributed by atoms with van der Waals surface area (Å²) in [6.07, 6.45) is 0. The molecule has 0 spiro atoms. The number of piperazine rings is 1. The summed E-state index contributed by atoms with van der Waals surface area (Å²) in [5.74, 6) is -1.05. The lowest BCUT2D eigenvalue weighted by molar-refractivity contribution is -0.137. The zero-order chi connectivity index (χ0) is 15.8. The first-order valence-corrected chi connectivity index (χ1v) is 7.80. The van der Waals surface area contributed by atoms with Gasteiger partial charge in [-0.05, 0) is 19.1 Å². The summed E-state index contributed by atoms with van der Waals surface area (Å²) >= 11 is 0. The van der Waals surface area contributed by atoms with Crippen molar-refractivity contribution in [1.82, 2.24) is 15.5 Å². The van der Waals surface area contributed by atoms with E-state index in [4.69, 9.17) is 0 Å². The Kier molecular flexibility index (Phi) is 6.36. The van der Waals surface area contributed by atoms with Crippen LogP contribution in [0.25, 0.3) is 0 Å². The third-order valence-corrected chi connectivity index (χ3v) is 3.75. The number of rotatable bonds is 5. The molecule has 1 saturated heterocycles. The van der Waals surface area contributed by atoms with Crippen molar-refractivity contribution >= 4 is 17.5 Å². The van der Waals surface area contributed by atoms with E-state index >= 15 is 0 Å². The molecule has 0 atom stereocenters. The fraction of sp³-hybridized carbons (Fsp3) is 0.500. The first-order valence-electron chi connectivity index (χ1n) is 7.80. The quantitative estimate of drug-likeness (QED) is 0.755. The number of benzene rings is 1. The van der Waals surface area contributed by atoms with Gasteiger partial charge in [0.1, 0.15) is 0 Å². The van der Waals surface area contributed by atoms with E-state index in [1.165, 1.54) is 4.90 Å². The van der Waals surface area contributed by atoms with Gasteiger partial charge in [0.25, 0.3) is 0 Å². The lowest BCUT2D eigenvalue weighted by Crippen LogP contribution is -2.48. The molecule has 2 rings (SSSR count). The minimum absolute atomic E-state index is 0.466. The van der Waals surface area contributed by atoms with E-state index in [1.54, 1.807) is 0 Å². The molecular formula is C16H24N4O2. The van der Waals surface area contributed by atoms with Gasteiger partial charge in [0, 0.05) is 51.5 Å². The molecule has 0 radical (unpaired) electrons. The number of likely N-dealkylation sites (N-methyl/N-ethyl adjacent to an activating group) is 1. The number of hydrogen-bond acceptors (Lipinski definition) is 4. The number of carbonyl (C=O) groups is 2. The van der Waals surface area contributed by atoms with E-state index in [-0.39, 0.29) is 0 Å². The highest BCUT2D eigenvalue weighted by Crippen LogP contribution is 2.12. The molecule has 0 unspecified atom stereocenters. The van der Waals surface area contributed by atoms with Gasteiger partial charge < -0.3 is 15.5 Å². The molecule has 1 aromatic rings. The first-order chi connectivity index (χ1) is 10.7. The normalized spacial score (nSPS) is 15.3. The molecule has 1 aliphatic heterocycles. The zero-order valence-electron chi connectivity index (χ0n) is 13.0. The number of anilines is 1. The van der Waals surface area contributed by atoms with Crippen molar-refractivity contribution in [2.75, 3.05) is 50.7 Å². The molecule has 6 heteroatoms. The standard InChI is InChI=1S/C16H24N4O2/c1-2-20(14-6-4-3-5-7-14)16(22)15(21)18-10-13-19-11-8-17-9-12-19/h3-7,17H,2,8-13H2,1H3,(H,18,21). The number of carbonyl (C=O) groups excluding carboxylic acids is 2. The van der Waals surface area contributed by atoms with Crippen molar-refractivity contribution in [3.8, 4) is 0 Å². The predicted molar refractivity (Wildman–Crippen MR) is 86.8 cm³/mol. The Hall–Kier alpha value is -1.92. The smallest absolute Gasteiger partial charge is 0.316 e. The molecule has 1 aliphatic rings. The lowest BCUT2D eigenvalue weighted by atomic mass is 10.2. The van der Waals surface area contributed by atoms with Gasteiger partial charge in [-0.1, -0.05) is 18.2 Å². The van der Waals surface area contributed by atoms with Crippen molar-refractivity contribution in [2.24, 2.45) is 0 Å². The van der Waals surface area contributed by atoms with Gasteiger partial charge in [0.15, 0.2) is 0 Å². The number of amides is 2. The minimum atomic E-state index is -0.541. The zero-order valence-corrected chi connectivity index (χ0v) is 13.0. The average Bonchev–Trinajstić information content (AvgIpc) is 2.57. The summed E-state index contributed by atoms with van der Waals surface area (Å²) in [5.41, 5.74) is 0.743. The fourth-order valence-electron chi connectivity index (χ4n) is 2.51. The van der Waals surface area contributed by atoms with Crippen LogP contribution in [0, 0.1) is 0 Å². The molecule has 2 amide bonds. The highest BCUT2D eigenvalue weighted by atomic mass is 16.2. The summed E-state index contributed by atoms with van der Waals surface area (Å²) in [4.78, 5) is 28.0. The van der Waals surface area contributed by atoms with Crippen molar-refractivity contribution in [1.29, 1.82) is 0 Å². The maximum Gasteiger partial charge on any atom is 0.316 e. The Bertz CT molecular complexity index is 486. The topological polar surface area (TPSA) is 64.7 Å². The van der Waals surface area contributed by atoms with Crippen LogP contribution in [0.1, 0.15) is 6.92 Å². The third-order valence-electron chi connectivity index (χ3n) is 3.75. The molecule has 22 heavy (non-hydrogen) atoms. The SMILES string of the molecule is CCN(C(=O)C(=O)NCCN1CCNCC1)c1ccccc1. The molecule has 120 valence electrons. The van der Waals surface area contributed by atoms with Gasteiger partial charge in [0.2, 0.25) is 0 Å². The second kappa shape index (κ2) is 8.51. The van der Waals surface area contributed by atoms with E-state index in [9.17, 15) is 9.59 Å². The molecule has 1 heterocycles. The molecule has 0 aliphatic carbocycles. The van der Waals surface area contributed by atoms with Crippen LogP contribution >= 0.6 is 0 Å². The van der Waals surface area contributed by atoms with E-state index in [2.05, 4.69) is 15.5 Å². The van der Waals surface area contributed by atoms with Crippen LogP contribution in [0.2, 0.25) is 0 Å². The molecule has 1 fully saturated rings. The largest absolute Gasteiger partial charge is 0.347 e. The highest BCUT2D eigenvalue weighted by Gasteiger charge is 2.21. The van der Waals surface area contributed by atoms with Gasteiger partial charge in [-0.2, -0.15) is 0 Å². The average molecular weight is 304 g/mol. The Balaban J connectivity index is 1.81. The van der Waals surface area contributed by atoms with Crippen LogP contribution in [0.15, 0.2) is 30.3 Å². The summed E-state index contributed by atoms with van der Waals surface area (Å²) in [6, 6.07) is 9.25. The van der Waals surface area contributed by atoms with Crippen molar-refractivity contribution in [3.63, 3.8) is 0 Å². The molecule has 0 bridgehead atoms. The predicted octanol–water partition coefficient (Wildman–Crippen LogP) is 0.0609. The van der Waals surface area contributed by atoms with E-state index in [1.807, 2.05) is 37.3 Å². The first kappa shape index (κ1) is 16.5. The molecule has 1 aromatic carbocycles. The van der Waals surface area contributed by atoms with E-state index in [0.29, 0.717) is 13.1 Å². The summed E-state index contributed by atoms with van der Waals surface area (Å²) in [7, 11) is 0. The van der Waals surface area contributed by atoms with Crippen molar-refractivity contribution in [2.45, 2.75) is 6.92 Å². The highest BCUT2D eigenvalue weighted by molar-refractivity contribution is 6.40. The third kappa shape index (κ3) is 4.54. The number of nitrogens with zero attached hydrogens (tertiary/aromatic N) is 2. The summed E-state index contributed by atoms with van der Waals surface area (Å²) in [5, 5.41) is 6.01. The van der Waals surface area contributed by atoms with Gasteiger partial charge >= 0.3 is 11.8 Å². The molecule has 0 aromatic heterocycles. The van der Waals surface area contributed by atoms with Crippen LogP contribution in [-0.4, -0.2) is 62.5 Å². The van der Waals surface area contributed by atoms with Crippen molar-refractivity contribution < 1.29 is 9.59 Å². The van der Waals surface area contributed by atoms with E-state index in [0.717, 1.165) is 38.4 Å². The maximum absolute atomic E-state index is 12.2. The fourth-order valence-corrected chi connectivity index (χ4v) is 2.51. The van der Waals surface area contributed by atoms with Crippen LogP contribution in [0.4, 0.5) is 5.69 Å². The van der Waals surface area contributed by atoms with E-state index < -0.39 is 11.8 Å². The minimum Gasteiger partial charge on any atom is -0.347 e. The second-order valence-corrected chi connectivity index (χ2v) is 5.23.